The Kier molecular flexibility index (Phi) is 6.20. The molecule has 1 aromatic carbocycles. The molecule has 0 aliphatic heterocycles. The molecular weight excluding hydrogens is 333 g/mol. The van der Waals surface area contributed by atoms with Gasteiger partial charge in [-0.15, -0.1) is 0 Å². The maximum absolute atomic E-state index is 11.8. The van der Waals surface area contributed by atoms with Crippen molar-refractivity contribution in [3.8, 4) is 0 Å². The number of hydrogen-bond acceptors (Lipinski definition) is 2. The molecule has 0 bridgehead atoms. The van der Waals surface area contributed by atoms with Crippen LogP contribution in [-0.2, 0) is 0 Å². The zero-order valence-electron chi connectivity index (χ0n) is 9.50. The van der Waals surface area contributed by atoms with Crippen molar-refractivity contribution >= 4 is 40.3 Å². The van der Waals surface area contributed by atoms with Crippen molar-refractivity contribution in [3.63, 3.8) is 0 Å². The minimum Gasteiger partial charge on any atom is -0.352 e. The molecule has 0 fully saturated rings. The minimum absolute atomic E-state index is 0.0199. The largest absolute Gasteiger partial charge is 0.352 e. The van der Waals surface area contributed by atoms with Gasteiger partial charge < -0.3 is 5.32 Å². The van der Waals surface area contributed by atoms with Crippen LogP contribution in [0.3, 0.4) is 0 Å². The highest BCUT2D eigenvalue weighted by atomic mass is 127. The van der Waals surface area contributed by atoms with Gasteiger partial charge in [0.15, 0.2) is 0 Å². The lowest BCUT2D eigenvalue weighted by Crippen LogP contribution is -2.29. The molecule has 0 heterocycles. The van der Waals surface area contributed by atoms with E-state index in [1.807, 2.05) is 36.0 Å². The third kappa shape index (κ3) is 4.74. The van der Waals surface area contributed by atoms with Gasteiger partial charge >= 0.3 is 0 Å². The molecule has 16 heavy (non-hydrogen) atoms. The van der Waals surface area contributed by atoms with Gasteiger partial charge in [-0.3, -0.25) is 4.79 Å². The van der Waals surface area contributed by atoms with E-state index in [0.29, 0.717) is 5.92 Å². The van der Waals surface area contributed by atoms with Gasteiger partial charge in [-0.2, -0.15) is 11.8 Å². The molecule has 1 aromatic rings. The molecule has 0 spiro atoms. The number of thioether (sulfide) groups is 1. The Balaban J connectivity index is 2.47. The fraction of sp³-hybridized carbons (Fsp3) is 0.417. The second kappa shape index (κ2) is 7.17. The van der Waals surface area contributed by atoms with E-state index in [1.165, 1.54) is 0 Å². The molecule has 0 aromatic heterocycles. The Morgan fingerprint density at radius 1 is 1.56 bits per heavy atom. The highest BCUT2D eigenvalue weighted by Gasteiger charge is 2.07. The molecule has 1 amide bonds. The number of carbonyl (C=O) groups is 1. The first-order chi connectivity index (χ1) is 7.63. The van der Waals surface area contributed by atoms with Crippen molar-refractivity contribution in [2.45, 2.75) is 6.92 Å². The van der Waals surface area contributed by atoms with Crippen molar-refractivity contribution in [2.75, 3.05) is 18.6 Å². The zero-order valence-corrected chi connectivity index (χ0v) is 12.5. The number of hydrogen-bond donors (Lipinski definition) is 1. The number of carbonyl (C=O) groups excluding carboxylic acids is 1. The summed E-state index contributed by atoms with van der Waals surface area (Å²) in [6.45, 7) is 2.89. The molecule has 0 aliphatic rings. The minimum atomic E-state index is 0.0199. The highest BCUT2D eigenvalue weighted by molar-refractivity contribution is 14.1. The van der Waals surface area contributed by atoms with Crippen LogP contribution in [0, 0.1) is 9.49 Å². The molecule has 0 saturated carbocycles. The topological polar surface area (TPSA) is 29.1 Å². The van der Waals surface area contributed by atoms with Crippen LogP contribution in [0.1, 0.15) is 17.3 Å². The first-order valence-electron chi connectivity index (χ1n) is 5.16. The van der Waals surface area contributed by atoms with Crippen LogP contribution < -0.4 is 5.32 Å². The highest BCUT2D eigenvalue weighted by Crippen LogP contribution is 2.08. The molecule has 4 heteroatoms. The number of nitrogens with one attached hydrogen (secondary N) is 1. The summed E-state index contributed by atoms with van der Waals surface area (Å²) in [5, 5.41) is 2.96. The predicted molar refractivity (Wildman–Crippen MR) is 79.0 cm³/mol. The van der Waals surface area contributed by atoms with E-state index < -0.39 is 0 Å². The van der Waals surface area contributed by atoms with Gasteiger partial charge in [0.1, 0.15) is 0 Å². The summed E-state index contributed by atoms with van der Waals surface area (Å²) in [4.78, 5) is 11.8. The Morgan fingerprint density at radius 3 is 2.94 bits per heavy atom. The lowest BCUT2D eigenvalue weighted by molar-refractivity contribution is 0.0949. The fourth-order valence-electron chi connectivity index (χ4n) is 1.34. The van der Waals surface area contributed by atoms with Crippen molar-refractivity contribution in [1.82, 2.24) is 5.32 Å². The molecular formula is C12H16INOS. The molecule has 88 valence electrons. The third-order valence-corrected chi connectivity index (χ3v) is 3.72. The Bertz CT molecular complexity index is 357. The average molecular weight is 349 g/mol. The second-order valence-electron chi connectivity index (χ2n) is 3.78. The maximum atomic E-state index is 11.8. The SMILES string of the molecule is CSCC(C)CNC(=O)c1cccc(I)c1. The Hall–Kier alpha value is -0.230. The number of halogens is 1. The van der Waals surface area contributed by atoms with Crippen LogP contribution in [0.2, 0.25) is 0 Å². The zero-order chi connectivity index (χ0) is 12.0. The standard InChI is InChI=1S/C12H16INOS/c1-9(8-16-2)7-14-12(15)10-4-3-5-11(13)6-10/h3-6,9H,7-8H2,1-2H3,(H,14,15). The van der Waals surface area contributed by atoms with Crippen LogP contribution in [0.25, 0.3) is 0 Å². The number of rotatable bonds is 5. The molecule has 1 unspecified atom stereocenters. The summed E-state index contributed by atoms with van der Waals surface area (Å²) in [6.07, 6.45) is 2.08. The van der Waals surface area contributed by atoms with E-state index in [1.54, 1.807) is 0 Å². The average Bonchev–Trinajstić information content (AvgIpc) is 2.26. The van der Waals surface area contributed by atoms with Gasteiger partial charge in [-0.25, -0.2) is 0 Å². The van der Waals surface area contributed by atoms with Gasteiger partial charge in [-0.1, -0.05) is 13.0 Å². The van der Waals surface area contributed by atoms with Crippen LogP contribution in [-0.4, -0.2) is 24.5 Å². The van der Waals surface area contributed by atoms with Gasteiger partial charge in [0, 0.05) is 15.7 Å². The van der Waals surface area contributed by atoms with Crippen LogP contribution >= 0.6 is 34.4 Å². The summed E-state index contributed by atoms with van der Waals surface area (Å²) in [5.41, 5.74) is 0.739. The second-order valence-corrected chi connectivity index (χ2v) is 5.94. The van der Waals surface area contributed by atoms with E-state index in [2.05, 4.69) is 41.1 Å². The molecule has 1 rings (SSSR count). The Labute approximate surface area is 115 Å². The summed E-state index contributed by atoms with van der Waals surface area (Å²) in [6, 6.07) is 7.63. The smallest absolute Gasteiger partial charge is 0.251 e. The van der Waals surface area contributed by atoms with Crippen LogP contribution in [0.4, 0.5) is 0 Å². The number of amides is 1. The lowest BCUT2D eigenvalue weighted by atomic mass is 10.2. The van der Waals surface area contributed by atoms with E-state index in [4.69, 9.17) is 0 Å². The molecule has 0 saturated heterocycles. The Morgan fingerprint density at radius 2 is 2.31 bits per heavy atom. The molecule has 0 radical (unpaired) electrons. The van der Waals surface area contributed by atoms with Gasteiger partial charge in [-0.05, 0) is 58.7 Å². The van der Waals surface area contributed by atoms with E-state index >= 15 is 0 Å². The molecule has 1 atom stereocenters. The van der Waals surface area contributed by atoms with Gasteiger partial charge in [0.25, 0.3) is 5.91 Å². The molecule has 0 aliphatic carbocycles. The van der Waals surface area contributed by atoms with Crippen LogP contribution in [0.15, 0.2) is 24.3 Å². The van der Waals surface area contributed by atoms with Crippen molar-refractivity contribution < 1.29 is 4.79 Å². The monoisotopic (exact) mass is 349 g/mol. The lowest BCUT2D eigenvalue weighted by Gasteiger charge is -2.11. The summed E-state index contributed by atoms with van der Waals surface area (Å²) >= 11 is 4.02. The quantitative estimate of drug-likeness (QED) is 0.828. The summed E-state index contributed by atoms with van der Waals surface area (Å²) in [7, 11) is 0. The molecule has 1 N–H and O–H groups in total. The van der Waals surface area contributed by atoms with E-state index in [-0.39, 0.29) is 5.91 Å². The van der Waals surface area contributed by atoms with Crippen LogP contribution in [0.5, 0.6) is 0 Å². The fourth-order valence-corrected chi connectivity index (χ4v) is 2.57. The normalized spacial score (nSPS) is 12.2. The third-order valence-electron chi connectivity index (χ3n) is 2.15. The summed E-state index contributed by atoms with van der Waals surface area (Å²) < 4.78 is 1.09. The van der Waals surface area contributed by atoms with Crippen molar-refractivity contribution in [1.29, 1.82) is 0 Å². The molecule has 2 nitrogen and oxygen atoms in total. The van der Waals surface area contributed by atoms with Gasteiger partial charge in [0.05, 0.1) is 0 Å². The predicted octanol–water partition coefficient (Wildman–Crippen LogP) is 3.02. The van der Waals surface area contributed by atoms with Crippen molar-refractivity contribution in [2.24, 2.45) is 5.92 Å². The summed E-state index contributed by atoms with van der Waals surface area (Å²) in [5.74, 6) is 1.61. The van der Waals surface area contributed by atoms with Crippen molar-refractivity contribution in [3.05, 3.63) is 33.4 Å². The van der Waals surface area contributed by atoms with Gasteiger partial charge in [0.2, 0.25) is 0 Å². The first kappa shape index (κ1) is 13.8. The van der Waals surface area contributed by atoms with E-state index in [9.17, 15) is 4.79 Å². The number of benzene rings is 1. The van der Waals surface area contributed by atoms with E-state index in [0.717, 1.165) is 21.4 Å². The first-order valence-corrected chi connectivity index (χ1v) is 7.63. The maximum Gasteiger partial charge on any atom is 0.251 e.